The van der Waals surface area contributed by atoms with Crippen LogP contribution in [0.25, 0.3) is 0 Å². The molecule has 1 atom stereocenters. The number of carbonyl (C=O) groups is 1. The topological polar surface area (TPSA) is 17.1 Å². The van der Waals surface area contributed by atoms with Crippen LogP contribution in [0.2, 0.25) is 19.6 Å². The maximum Gasteiger partial charge on any atom is 0.140 e. The van der Waals surface area contributed by atoms with E-state index in [-0.39, 0.29) is 5.92 Å². The number of carbonyl (C=O) groups excluding carboxylic acids is 1. The van der Waals surface area contributed by atoms with Gasteiger partial charge >= 0.3 is 0 Å². The summed E-state index contributed by atoms with van der Waals surface area (Å²) in [5, 5.41) is 1.44. The van der Waals surface area contributed by atoms with Gasteiger partial charge in [0, 0.05) is 0 Å². The second-order valence-corrected chi connectivity index (χ2v) is 9.04. The van der Waals surface area contributed by atoms with Crippen LogP contribution in [0.15, 0.2) is 11.3 Å². The van der Waals surface area contributed by atoms with E-state index >= 15 is 0 Å². The van der Waals surface area contributed by atoms with Crippen molar-refractivity contribution < 1.29 is 4.79 Å². The summed E-state index contributed by atoms with van der Waals surface area (Å²) in [5.74, 6) is 0.559. The maximum absolute atomic E-state index is 10.8. The molecule has 0 aromatic rings. The molecule has 0 spiro atoms. The fraction of sp³-hybridized carbons (Fsp3) is 0.625. The first-order chi connectivity index (χ1) is 4.43. The lowest BCUT2D eigenvalue weighted by Crippen LogP contribution is -2.21. The number of ketones is 1. The molecule has 1 aliphatic carbocycles. The van der Waals surface area contributed by atoms with E-state index in [1.54, 1.807) is 6.92 Å². The molecule has 1 aliphatic rings. The quantitative estimate of drug-likeness (QED) is 0.556. The Hall–Kier alpha value is -0.373. The molecule has 0 saturated heterocycles. The van der Waals surface area contributed by atoms with E-state index in [1.165, 1.54) is 5.20 Å². The lowest BCUT2D eigenvalue weighted by atomic mass is 10.3. The van der Waals surface area contributed by atoms with Gasteiger partial charge in [-0.3, -0.25) is 4.79 Å². The minimum absolute atomic E-state index is 0.242. The molecule has 2 heteroatoms. The molecule has 0 radical (unpaired) electrons. The highest BCUT2D eigenvalue weighted by Crippen LogP contribution is 2.37. The predicted molar refractivity (Wildman–Crippen MR) is 45.6 cm³/mol. The van der Waals surface area contributed by atoms with E-state index in [4.69, 9.17) is 0 Å². The van der Waals surface area contributed by atoms with Crippen molar-refractivity contribution in [3.63, 3.8) is 0 Å². The van der Waals surface area contributed by atoms with Crippen molar-refractivity contribution in [2.45, 2.75) is 26.6 Å². The highest BCUT2D eigenvalue weighted by atomic mass is 28.3. The van der Waals surface area contributed by atoms with Gasteiger partial charge in [-0.1, -0.05) is 30.9 Å². The normalized spacial score (nSPS) is 24.0. The van der Waals surface area contributed by atoms with E-state index in [9.17, 15) is 4.79 Å². The second kappa shape index (κ2) is 2.05. The number of hydrogen-bond donors (Lipinski definition) is 0. The first-order valence-electron chi connectivity index (χ1n) is 3.65. The van der Waals surface area contributed by atoms with Crippen LogP contribution >= 0.6 is 0 Å². The van der Waals surface area contributed by atoms with E-state index in [0.717, 1.165) is 0 Å². The first-order valence-corrected chi connectivity index (χ1v) is 7.15. The van der Waals surface area contributed by atoms with Crippen LogP contribution in [-0.2, 0) is 4.79 Å². The number of hydrogen-bond acceptors (Lipinski definition) is 1. The molecular formula is C8H14OSi. The zero-order valence-corrected chi connectivity index (χ0v) is 8.06. The highest BCUT2D eigenvalue weighted by molar-refractivity contribution is 6.84. The van der Waals surface area contributed by atoms with Crippen molar-refractivity contribution in [3.8, 4) is 0 Å². The molecule has 0 amide bonds. The fourth-order valence-corrected chi connectivity index (χ4v) is 2.99. The first kappa shape index (κ1) is 7.73. The Morgan fingerprint density at radius 1 is 1.50 bits per heavy atom. The van der Waals surface area contributed by atoms with E-state index < -0.39 is 8.07 Å². The molecule has 1 rings (SSSR count). The smallest absolute Gasteiger partial charge is 0.140 e. The molecule has 0 N–H and O–H groups in total. The van der Waals surface area contributed by atoms with Crippen LogP contribution in [-0.4, -0.2) is 13.9 Å². The third kappa shape index (κ3) is 1.37. The second-order valence-electron chi connectivity index (χ2n) is 3.96. The molecule has 10 heavy (non-hydrogen) atoms. The lowest BCUT2D eigenvalue weighted by Gasteiger charge is -2.11. The third-order valence-electron chi connectivity index (χ3n) is 1.88. The summed E-state index contributed by atoms with van der Waals surface area (Å²) in [6.07, 6.45) is 2.12. The van der Waals surface area contributed by atoms with Gasteiger partial charge in [-0.25, -0.2) is 0 Å². The Balaban J connectivity index is 2.53. The summed E-state index contributed by atoms with van der Waals surface area (Å²) in [6, 6.07) is 0. The molecule has 0 heterocycles. The van der Waals surface area contributed by atoms with Gasteiger partial charge in [-0.2, -0.15) is 0 Å². The van der Waals surface area contributed by atoms with E-state index in [1.807, 2.05) is 0 Å². The molecule has 0 aliphatic heterocycles. The van der Waals surface area contributed by atoms with Crippen LogP contribution in [0.3, 0.4) is 0 Å². The van der Waals surface area contributed by atoms with Gasteiger partial charge in [-0.15, -0.1) is 0 Å². The van der Waals surface area contributed by atoms with E-state index in [0.29, 0.717) is 5.78 Å². The fourth-order valence-electron chi connectivity index (χ4n) is 1.18. The molecule has 0 bridgehead atoms. The van der Waals surface area contributed by atoms with Crippen molar-refractivity contribution in [3.05, 3.63) is 11.3 Å². The molecule has 1 unspecified atom stereocenters. The largest absolute Gasteiger partial charge is 0.299 e. The number of allylic oxidation sites excluding steroid dienone is 2. The predicted octanol–water partition coefficient (Wildman–Crippen LogP) is 2.01. The summed E-state index contributed by atoms with van der Waals surface area (Å²) in [7, 11) is -1.11. The molecule has 0 aromatic heterocycles. The van der Waals surface area contributed by atoms with Gasteiger partial charge in [0.15, 0.2) is 0 Å². The zero-order chi connectivity index (χ0) is 7.94. The van der Waals surface area contributed by atoms with Gasteiger partial charge < -0.3 is 0 Å². The average molecular weight is 154 g/mol. The lowest BCUT2D eigenvalue weighted by molar-refractivity contribution is -0.117. The summed E-state index contributed by atoms with van der Waals surface area (Å²) in [4.78, 5) is 10.8. The SMILES string of the molecule is CC(=O)C1C=C1[Si](C)(C)C. The summed E-state index contributed by atoms with van der Waals surface area (Å²) in [5.41, 5.74) is 0. The Labute approximate surface area is 63.1 Å². The Morgan fingerprint density at radius 3 is 2.10 bits per heavy atom. The molecule has 0 aromatic carbocycles. The average Bonchev–Trinajstić information content (AvgIpc) is 2.35. The van der Waals surface area contributed by atoms with Crippen molar-refractivity contribution in [1.29, 1.82) is 0 Å². The van der Waals surface area contributed by atoms with Crippen LogP contribution in [0.4, 0.5) is 0 Å². The monoisotopic (exact) mass is 154 g/mol. The van der Waals surface area contributed by atoms with Gasteiger partial charge in [-0.05, 0) is 6.92 Å². The number of rotatable bonds is 2. The van der Waals surface area contributed by atoms with Crippen molar-refractivity contribution in [1.82, 2.24) is 0 Å². The van der Waals surface area contributed by atoms with Crippen molar-refractivity contribution in [2.24, 2.45) is 5.92 Å². The van der Waals surface area contributed by atoms with Gasteiger partial charge in [0.05, 0.1) is 14.0 Å². The Bertz CT molecular complexity index is 198. The van der Waals surface area contributed by atoms with Crippen LogP contribution in [0.5, 0.6) is 0 Å². The standard InChI is InChI=1S/C8H14OSi/c1-6(9)7-5-8(7)10(2,3)4/h5,7H,1-4H3. The zero-order valence-electron chi connectivity index (χ0n) is 7.06. The van der Waals surface area contributed by atoms with Crippen molar-refractivity contribution >= 4 is 13.9 Å². The number of Topliss-reactive ketones (excluding diaryl/α,β-unsaturated/α-hetero) is 1. The van der Waals surface area contributed by atoms with E-state index in [2.05, 4.69) is 25.7 Å². The van der Waals surface area contributed by atoms with Gasteiger partial charge in [0.2, 0.25) is 0 Å². The summed E-state index contributed by atoms with van der Waals surface area (Å²) >= 11 is 0. The molecule has 0 saturated carbocycles. The molecule has 56 valence electrons. The van der Waals surface area contributed by atoms with Crippen molar-refractivity contribution in [2.75, 3.05) is 0 Å². The maximum atomic E-state index is 10.8. The summed E-state index contributed by atoms with van der Waals surface area (Å²) < 4.78 is 0. The Kier molecular flexibility index (Phi) is 1.59. The minimum Gasteiger partial charge on any atom is -0.299 e. The van der Waals surface area contributed by atoms with Gasteiger partial charge in [0.1, 0.15) is 5.78 Å². The molecule has 1 nitrogen and oxygen atoms in total. The molecular weight excluding hydrogens is 140 g/mol. The van der Waals surface area contributed by atoms with Gasteiger partial charge in [0.25, 0.3) is 0 Å². The van der Waals surface area contributed by atoms with Crippen LogP contribution in [0, 0.1) is 5.92 Å². The summed E-state index contributed by atoms with van der Waals surface area (Å²) in [6.45, 7) is 8.51. The van der Waals surface area contributed by atoms with Crippen LogP contribution in [0.1, 0.15) is 6.92 Å². The Morgan fingerprint density at radius 2 is 2.00 bits per heavy atom. The van der Waals surface area contributed by atoms with Crippen LogP contribution < -0.4 is 0 Å². The third-order valence-corrected chi connectivity index (χ3v) is 4.09. The molecule has 0 fully saturated rings. The highest BCUT2D eigenvalue weighted by Gasteiger charge is 2.37. The minimum atomic E-state index is -1.11.